The number of aromatic nitrogens is 2. The first kappa shape index (κ1) is 13.6. The van der Waals surface area contributed by atoms with Crippen LogP contribution in [0.2, 0.25) is 0 Å². The van der Waals surface area contributed by atoms with Crippen molar-refractivity contribution in [2.75, 3.05) is 6.26 Å². The van der Waals surface area contributed by atoms with Gasteiger partial charge in [0.2, 0.25) is 0 Å². The lowest BCUT2D eigenvalue weighted by Crippen LogP contribution is -1.99. The molecule has 1 aromatic carbocycles. The highest BCUT2D eigenvalue weighted by atomic mass is 32.2. The molecular formula is C16H14N2O2S. The van der Waals surface area contributed by atoms with Gasteiger partial charge in [-0.2, -0.15) is 0 Å². The highest BCUT2D eigenvalue weighted by molar-refractivity contribution is 7.90. The van der Waals surface area contributed by atoms with E-state index < -0.39 is 9.84 Å². The van der Waals surface area contributed by atoms with Gasteiger partial charge in [-0.05, 0) is 48.5 Å². The van der Waals surface area contributed by atoms with E-state index in [2.05, 4.69) is 4.98 Å². The van der Waals surface area contributed by atoms with Gasteiger partial charge in [0.15, 0.2) is 9.84 Å². The van der Waals surface area contributed by atoms with Crippen LogP contribution in [0.3, 0.4) is 0 Å². The van der Waals surface area contributed by atoms with Crippen molar-refractivity contribution in [1.29, 1.82) is 0 Å². The predicted molar refractivity (Wildman–Crippen MR) is 82.1 cm³/mol. The minimum absolute atomic E-state index is 0.317. The summed E-state index contributed by atoms with van der Waals surface area (Å²) in [6.07, 6.45) is 4.88. The van der Waals surface area contributed by atoms with E-state index in [-0.39, 0.29) is 0 Å². The van der Waals surface area contributed by atoms with Gasteiger partial charge in [-0.25, -0.2) is 8.42 Å². The topological polar surface area (TPSA) is 52.0 Å². The molecule has 2 heterocycles. The summed E-state index contributed by atoms with van der Waals surface area (Å²) in [5.41, 5.74) is 2.73. The van der Waals surface area contributed by atoms with Gasteiger partial charge in [0, 0.05) is 24.3 Å². The second-order valence-corrected chi connectivity index (χ2v) is 6.76. The SMILES string of the molecule is CS(=O)(=O)c1ccc(-n2cccc2-c2ccccn2)cc1. The highest BCUT2D eigenvalue weighted by Gasteiger charge is 2.09. The first-order valence-corrected chi connectivity index (χ1v) is 8.34. The van der Waals surface area contributed by atoms with Crippen LogP contribution < -0.4 is 0 Å². The first-order chi connectivity index (χ1) is 10.1. The largest absolute Gasteiger partial charge is 0.315 e. The van der Waals surface area contributed by atoms with E-state index in [1.54, 1.807) is 30.5 Å². The van der Waals surface area contributed by atoms with Crippen molar-refractivity contribution in [3.05, 3.63) is 67.0 Å². The Labute approximate surface area is 123 Å². The van der Waals surface area contributed by atoms with Crippen LogP contribution in [0, 0.1) is 0 Å². The zero-order valence-corrected chi connectivity index (χ0v) is 12.3. The molecule has 0 aliphatic heterocycles. The van der Waals surface area contributed by atoms with Crippen molar-refractivity contribution in [1.82, 2.24) is 9.55 Å². The second kappa shape index (κ2) is 5.18. The minimum Gasteiger partial charge on any atom is -0.315 e. The molecule has 3 rings (SSSR count). The Morgan fingerprint density at radius 3 is 2.33 bits per heavy atom. The van der Waals surface area contributed by atoms with Crippen LogP contribution in [-0.2, 0) is 9.84 Å². The van der Waals surface area contributed by atoms with E-state index in [4.69, 9.17) is 0 Å². The van der Waals surface area contributed by atoms with Crippen molar-refractivity contribution in [2.24, 2.45) is 0 Å². The van der Waals surface area contributed by atoms with E-state index in [1.807, 2.05) is 41.1 Å². The Kier molecular flexibility index (Phi) is 3.35. The summed E-state index contributed by atoms with van der Waals surface area (Å²) >= 11 is 0. The van der Waals surface area contributed by atoms with Crippen LogP contribution in [0.15, 0.2) is 71.9 Å². The van der Waals surface area contributed by atoms with Crippen LogP contribution in [0.5, 0.6) is 0 Å². The molecule has 0 spiro atoms. The number of benzene rings is 1. The number of hydrogen-bond donors (Lipinski definition) is 0. The molecule has 0 aliphatic carbocycles. The normalized spacial score (nSPS) is 11.5. The minimum atomic E-state index is -3.17. The molecule has 0 aliphatic rings. The molecule has 4 nitrogen and oxygen atoms in total. The zero-order valence-electron chi connectivity index (χ0n) is 11.5. The molecular weight excluding hydrogens is 284 g/mol. The highest BCUT2D eigenvalue weighted by Crippen LogP contribution is 2.22. The molecule has 0 unspecified atom stereocenters. The maximum atomic E-state index is 11.5. The number of hydrogen-bond acceptors (Lipinski definition) is 3. The predicted octanol–water partition coefficient (Wildman–Crippen LogP) is 2.94. The Morgan fingerprint density at radius 1 is 0.952 bits per heavy atom. The molecule has 0 saturated carbocycles. The van der Waals surface area contributed by atoms with Crippen LogP contribution >= 0.6 is 0 Å². The number of nitrogens with zero attached hydrogens (tertiary/aromatic N) is 2. The monoisotopic (exact) mass is 298 g/mol. The maximum absolute atomic E-state index is 11.5. The summed E-state index contributed by atoms with van der Waals surface area (Å²) < 4.78 is 25.0. The summed E-state index contributed by atoms with van der Waals surface area (Å²) in [7, 11) is -3.17. The quantitative estimate of drug-likeness (QED) is 0.747. The molecule has 0 bridgehead atoms. The fourth-order valence-corrected chi connectivity index (χ4v) is 2.81. The molecule has 0 N–H and O–H groups in total. The van der Waals surface area contributed by atoms with Crippen LogP contribution in [0.25, 0.3) is 17.1 Å². The standard InChI is InChI=1S/C16H14N2O2S/c1-21(19,20)14-9-7-13(8-10-14)18-12-4-6-16(18)15-5-2-3-11-17-15/h2-12H,1H3. The summed E-state index contributed by atoms with van der Waals surface area (Å²) in [5.74, 6) is 0. The number of rotatable bonds is 3. The Morgan fingerprint density at radius 2 is 1.71 bits per heavy atom. The van der Waals surface area contributed by atoms with Crippen LogP contribution in [0.1, 0.15) is 0 Å². The lowest BCUT2D eigenvalue weighted by Gasteiger charge is -2.09. The average molecular weight is 298 g/mol. The average Bonchev–Trinajstić information content (AvgIpc) is 2.97. The Bertz CT molecular complexity index is 851. The fraction of sp³-hybridized carbons (Fsp3) is 0.0625. The molecule has 2 aromatic heterocycles. The Hall–Kier alpha value is -2.40. The van der Waals surface area contributed by atoms with Crippen molar-refractivity contribution in [3.63, 3.8) is 0 Å². The molecule has 21 heavy (non-hydrogen) atoms. The molecule has 3 aromatic rings. The van der Waals surface area contributed by atoms with Crippen molar-refractivity contribution in [2.45, 2.75) is 4.90 Å². The van der Waals surface area contributed by atoms with Gasteiger partial charge < -0.3 is 4.57 Å². The molecule has 5 heteroatoms. The smallest absolute Gasteiger partial charge is 0.175 e. The van der Waals surface area contributed by atoms with Crippen LogP contribution in [-0.4, -0.2) is 24.2 Å². The third kappa shape index (κ3) is 2.73. The van der Waals surface area contributed by atoms with E-state index >= 15 is 0 Å². The lowest BCUT2D eigenvalue weighted by molar-refractivity contribution is 0.602. The van der Waals surface area contributed by atoms with Crippen LogP contribution in [0.4, 0.5) is 0 Å². The van der Waals surface area contributed by atoms with Crippen molar-refractivity contribution < 1.29 is 8.42 Å². The summed E-state index contributed by atoms with van der Waals surface area (Å²) in [6, 6.07) is 16.5. The molecule has 0 fully saturated rings. The van der Waals surface area contributed by atoms with Gasteiger partial charge in [0.25, 0.3) is 0 Å². The van der Waals surface area contributed by atoms with Gasteiger partial charge in [0.05, 0.1) is 16.3 Å². The molecule has 0 amide bonds. The van der Waals surface area contributed by atoms with Gasteiger partial charge in [-0.3, -0.25) is 4.98 Å². The van der Waals surface area contributed by atoms with E-state index in [0.717, 1.165) is 17.1 Å². The third-order valence-electron chi connectivity index (χ3n) is 3.22. The van der Waals surface area contributed by atoms with Crippen molar-refractivity contribution >= 4 is 9.84 Å². The van der Waals surface area contributed by atoms with E-state index in [9.17, 15) is 8.42 Å². The van der Waals surface area contributed by atoms with E-state index in [0.29, 0.717) is 4.90 Å². The summed E-state index contributed by atoms with van der Waals surface area (Å²) in [6.45, 7) is 0. The Balaban J connectivity index is 2.05. The van der Waals surface area contributed by atoms with Gasteiger partial charge >= 0.3 is 0 Å². The van der Waals surface area contributed by atoms with Crippen molar-refractivity contribution in [3.8, 4) is 17.1 Å². The van der Waals surface area contributed by atoms with Gasteiger partial charge in [0.1, 0.15) is 0 Å². The van der Waals surface area contributed by atoms with E-state index in [1.165, 1.54) is 6.26 Å². The summed E-state index contributed by atoms with van der Waals surface area (Å²) in [4.78, 5) is 4.66. The third-order valence-corrected chi connectivity index (χ3v) is 4.35. The number of sulfone groups is 1. The zero-order chi connectivity index (χ0) is 14.9. The molecule has 0 atom stereocenters. The molecule has 106 valence electrons. The maximum Gasteiger partial charge on any atom is 0.175 e. The number of pyridine rings is 1. The fourth-order valence-electron chi connectivity index (χ4n) is 2.18. The summed E-state index contributed by atoms with van der Waals surface area (Å²) in [5, 5.41) is 0. The first-order valence-electron chi connectivity index (χ1n) is 6.45. The van der Waals surface area contributed by atoms with Gasteiger partial charge in [-0.1, -0.05) is 6.07 Å². The second-order valence-electron chi connectivity index (χ2n) is 4.74. The molecule has 0 radical (unpaired) electrons. The molecule has 0 saturated heterocycles. The van der Waals surface area contributed by atoms with Gasteiger partial charge in [-0.15, -0.1) is 0 Å². The lowest BCUT2D eigenvalue weighted by atomic mass is 10.2.